The summed E-state index contributed by atoms with van der Waals surface area (Å²) in [6.07, 6.45) is -0.195. The Labute approximate surface area is 201 Å². The molecule has 0 aliphatic heterocycles. The standard InChI is InChI=1S/C22H27ClFN5O5/c1-13(2)34-19-10-9-17(11-18(19)24)26-28-27-22(32)29(14(3)20(30)33-4)21(31)25-12-15-5-7-16(23)8-6-15/h5-11,13-14,26,28H,12H2,1-4H3,(H,25,31)(H,27,32). The molecule has 0 aliphatic carbocycles. The third kappa shape index (κ3) is 7.78. The van der Waals surface area contributed by atoms with E-state index in [0.29, 0.717) is 9.92 Å². The SMILES string of the molecule is COC(=O)C(C)N(C(=O)NCc1ccc(Cl)cc1)C(=O)NNNc1ccc(OC(C)C)c(F)c1. The monoisotopic (exact) mass is 495 g/mol. The number of hydrogen-bond donors (Lipinski definition) is 4. The highest BCUT2D eigenvalue weighted by Gasteiger charge is 2.32. The first-order chi connectivity index (χ1) is 16.1. The molecule has 0 aliphatic rings. The summed E-state index contributed by atoms with van der Waals surface area (Å²) in [4.78, 5) is 38.0. The molecule has 10 nitrogen and oxygen atoms in total. The highest BCUT2D eigenvalue weighted by molar-refractivity contribution is 6.30. The van der Waals surface area contributed by atoms with Gasteiger partial charge in [0.25, 0.3) is 0 Å². The van der Waals surface area contributed by atoms with Crippen molar-refractivity contribution < 1.29 is 28.2 Å². The van der Waals surface area contributed by atoms with Crippen LogP contribution in [0.5, 0.6) is 5.75 Å². The van der Waals surface area contributed by atoms with Gasteiger partial charge in [0.2, 0.25) is 0 Å². The molecular formula is C22H27ClFN5O5. The molecule has 0 spiro atoms. The van der Waals surface area contributed by atoms with Crippen molar-refractivity contribution in [3.05, 3.63) is 58.9 Å². The molecule has 4 amide bonds. The summed E-state index contributed by atoms with van der Waals surface area (Å²) in [6, 6.07) is 7.80. The lowest BCUT2D eigenvalue weighted by atomic mass is 10.2. The van der Waals surface area contributed by atoms with Gasteiger partial charge >= 0.3 is 18.0 Å². The molecule has 1 atom stereocenters. The summed E-state index contributed by atoms with van der Waals surface area (Å²) < 4.78 is 24.1. The van der Waals surface area contributed by atoms with Gasteiger partial charge in [0.05, 0.1) is 18.9 Å². The zero-order valence-electron chi connectivity index (χ0n) is 19.1. The summed E-state index contributed by atoms with van der Waals surface area (Å²) in [5.74, 6) is -1.32. The van der Waals surface area contributed by atoms with Gasteiger partial charge in [-0.25, -0.2) is 23.7 Å². The second-order valence-corrected chi connectivity index (χ2v) is 7.78. The highest BCUT2D eigenvalue weighted by atomic mass is 35.5. The number of nitrogens with one attached hydrogen (secondary N) is 4. The van der Waals surface area contributed by atoms with Crippen molar-refractivity contribution in [2.75, 3.05) is 12.5 Å². The summed E-state index contributed by atoms with van der Waals surface area (Å²) in [7, 11) is 1.14. The van der Waals surface area contributed by atoms with E-state index in [2.05, 4.69) is 26.4 Å². The molecule has 2 aromatic rings. The maximum atomic E-state index is 14.1. The normalized spacial score (nSPS) is 11.4. The van der Waals surface area contributed by atoms with Crippen LogP contribution in [-0.4, -0.2) is 42.2 Å². The lowest BCUT2D eigenvalue weighted by Crippen LogP contribution is -2.58. The van der Waals surface area contributed by atoms with Crippen molar-refractivity contribution >= 4 is 35.3 Å². The second-order valence-electron chi connectivity index (χ2n) is 7.35. The number of hydrazine groups is 2. The number of carbonyl (C=O) groups excluding carboxylic acids is 3. The molecule has 184 valence electrons. The van der Waals surface area contributed by atoms with E-state index in [1.54, 1.807) is 38.1 Å². The summed E-state index contributed by atoms with van der Waals surface area (Å²) in [5, 5.41) is 3.10. The Morgan fingerprint density at radius 2 is 1.74 bits per heavy atom. The number of anilines is 1. The quantitative estimate of drug-likeness (QED) is 0.310. The second kappa shape index (κ2) is 12.6. The molecule has 0 bridgehead atoms. The van der Waals surface area contributed by atoms with Gasteiger partial charge in [-0.1, -0.05) is 23.7 Å². The van der Waals surface area contributed by atoms with Gasteiger partial charge in [0.1, 0.15) is 6.04 Å². The fraction of sp³-hybridized carbons (Fsp3) is 0.318. The first-order valence-electron chi connectivity index (χ1n) is 10.3. The number of hydrogen-bond acceptors (Lipinski definition) is 7. The van der Waals surface area contributed by atoms with Crippen LogP contribution >= 0.6 is 11.6 Å². The largest absolute Gasteiger partial charge is 0.488 e. The van der Waals surface area contributed by atoms with Crippen LogP contribution in [-0.2, 0) is 16.1 Å². The molecule has 1 unspecified atom stereocenters. The van der Waals surface area contributed by atoms with E-state index in [-0.39, 0.29) is 24.1 Å². The highest BCUT2D eigenvalue weighted by Crippen LogP contribution is 2.21. The van der Waals surface area contributed by atoms with Crippen LogP contribution in [0.2, 0.25) is 5.02 Å². The average Bonchev–Trinajstić information content (AvgIpc) is 2.79. The lowest BCUT2D eigenvalue weighted by Gasteiger charge is -2.26. The molecule has 0 saturated carbocycles. The topological polar surface area (TPSA) is 121 Å². The predicted molar refractivity (Wildman–Crippen MR) is 124 cm³/mol. The zero-order chi connectivity index (χ0) is 25.3. The minimum Gasteiger partial charge on any atom is -0.488 e. The number of carbonyl (C=O) groups is 3. The van der Waals surface area contributed by atoms with Crippen LogP contribution in [0.4, 0.5) is 19.7 Å². The summed E-state index contributed by atoms with van der Waals surface area (Å²) in [6.45, 7) is 4.97. The van der Waals surface area contributed by atoms with Crippen LogP contribution in [0.1, 0.15) is 26.3 Å². The van der Waals surface area contributed by atoms with Gasteiger partial charge < -0.3 is 20.2 Å². The Kier molecular flexibility index (Phi) is 9.90. The van der Waals surface area contributed by atoms with Gasteiger partial charge in [-0.2, -0.15) is 0 Å². The minimum absolute atomic E-state index is 0.0834. The van der Waals surface area contributed by atoms with E-state index < -0.39 is 29.9 Å². The van der Waals surface area contributed by atoms with Crippen LogP contribution in [0.3, 0.4) is 0 Å². The maximum absolute atomic E-state index is 14.1. The van der Waals surface area contributed by atoms with Crippen molar-refractivity contribution in [2.24, 2.45) is 0 Å². The number of amides is 4. The van der Waals surface area contributed by atoms with E-state index in [4.69, 9.17) is 16.3 Å². The Morgan fingerprint density at radius 1 is 1.06 bits per heavy atom. The van der Waals surface area contributed by atoms with E-state index in [1.165, 1.54) is 19.1 Å². The van der Waals surface area contributed by atoms with Crippen LogP contribution < -0.4 is 26.4 Å². The van der Waals surface area contributed by atoms with Crippen molar-refractivity contribution in [3.8, 4) is 5.75 Å². The number of halogens is 2. The summed E-state index contributed by atoms with van der Waals surface area (Å²) >= 11 is 5.85. The third-order valence-electron chi connectivity index (χ3n) is 4.40. The molecule has 2 rings (SSSR count). The van der Waals surface area contributed by atoms with Crippen molar-refractivity contribution in [2.45, 2.75) is 39.5 Å². The Bertz CT molecular complexity index is 1010. The van der Waals surface area contributed by atoms with Gasteiger partial charge in [-0.05, 0) is 50.6 Å². The number of urea groups is 2. The Balaban J connectivity index is 2.01. The first kappa shape index (κ1) is 26.7. The van der Waals surface area contributed by atoms with Gasteiger partial charge in [-0.3, -0.25) is 5.43 Å². The Morgan fingerprint density at radius 3 is 2.32 bits per heavy atom. The van der Waals surface area contributed by atoms with Crippen LogP contribution in [0.15, 0.2) is 42.5 Å². The molecular weight excluding hydrogens is 469 g/mol. The average molecular weight is 496 g/mol. The fourth-order valence-electron chi connectivity index (χ4n) is 2.73. The molecule has 0 radical (unpaired) electrons. The number of benzene rings is 2. The van der Waals surface area contributed by atoms with E-state index in [0.717, 1.165) is 18.7 Å². The van der Waals surface area contributed by atoms with Crippen molar-refractivity contribution in [1.29, 1.82) is 0 Å². The first-order valence-corrected chi connectivity index (χ1v) is 10.7. The predicted octanol–water partition coefficient (Wildman–Crippen LogP) is 3.58. The fourth-order valence-corrected chi connectivity index (χ4v) is 2.86. The van der Waals surface area contributed by atoms with Gasteiger partial charge in [0, 0.05) is 17.6 Å². The van der Waals surface area contributed by atoms with Crippen molar-refractivity contribution in [1.82, 2.24) is 21.2 Å². The molecule has 2 aromatic carbocycles. The number of ether oxygens (including phenoxy) is 2. The van der Waals surface area contributed by atoms with Crippen LogP contribution in [0.25, 0.3) is 0 Å². The molecule has 4 N–H and O–H groups in total. The number of rotatable bonds is 9. The minimum atomic E-state index is -1.23. The molecule has 0 heterocycles. The number of nitrogens with zero attached hydrogens (tertiary/aromatic N) is 1. The third-order valence-corrected chi connectivity index (χ3v) is 4.65. The number of methoxy groups -OCH3 is 1. The molecule has 0 fully saturated rings. The zero-order valence-corrected chi connectivity index (χ0v) is 19.9. The smallest absolute Gasteiger partial charge is 0.342 e. The summed E-state index contributed by atoms with van der Waals surface area (Å²) in [5.41, 5.74) is 8.18. The number of esters is 1. The molecule has 0 aromatic heterocycles. The van der Waals surface area contributed by atoms with Crippen LogP contribution in [0, 0.1) is 5.82 Å². The molecule has 34 heavy (non-hydrogen) atoms. The maximum Gasteiger partial charge on any atom is 0.342 e. The van der Waals surface area contributed by atoms with Gasteiger partial charge in [-0.15, -0.1) is 5.53 Å². The number of imide groups is 1. The van der Waals surface area contributed by atoms with Gasteiger partial charge in [0.15, 0.2) is 11.6 Å². The van der Waals surface area contributed by atoms with Crippen molar-refractivity contribution in [3.63, 3.8) is 0 Å². The molecule has 0 saturated heterocycles. The van der Waals surface area contributed by atoms with E-state index >= 15 is 0 Å². The lowest BCUT2D eigenvalue weighted by molar-refractivity contribution is -0.144. The van der Waals surface area contributed by atoms with E-state index in [1.807, 2.05) is 0 Å². The molecule has 12 heteroatoms. The Hall–Kier alpha value is -3.57. The van der Waals surface area contributed by atoms with E-state index in [9.17, 15) is 18.8 Å².